The summed E-state index contributed by atoms with van der Waals surface area (Å²) in [7, 11) is 0. The molecule has 1 aliphatic heterocycles. The average molecular weight is 241 g/mol. The Morgan fingerprint density at radius 2 is 1.88 bits per heavy atom. The minimum absolute atomic E-state index is 0.357. The fourth-order valence-corrected chi connectivity index (χ4v) is 1.93. The molecule has 4 heteroatoms. The number of rotatable bonds is 2. The minimum Gasteiger partial charge on any atom is -0.339 e. The monoisotopic (exact) mass is 240 g/mol. The summed E-state index contributed by atoms with van der Waals surface area (Å²) >= 11 is 5.80. The van der Waals surface area contributed by atoms with Gasteiger partial charge in [-0.05, 0) is 31.5 Å². The highest BCUT2D eigenvalue weighted by Gasteiger charge is 2.41. The molecular weight excluding hydrogens is 228 g/mol. The number of aldehydes is 1. The summed E-state index contributed by atoms with van der Waals surface area (Å²) in [6.45, 7) is 3.58. The van der Waals surface area contributed by atoms with Gasteiger partial charge in [0.1, 0.15) is 12.2 Å². The third-order valence-corrected chi connectivity index (χ3v) is 2.71. The van der Waals surface area contributed by atoms with E-state index in [0.717, 1.165) is 11.8 Å². The molecule has 0 aromatic heterocycles. The first kappa shape index (κ1) is 11.6. The lowest BCUT2D eigenvalue weighted by Crippen LogP contribution is -2.21. The third kappa shape index (κ3) is 2.26. The lowest BCUT2D eigenvalue weighted by Gasteiger charge is -2.16. The van der Waals surface area contributed by atoms with Gasteiger partial charge in [0.25, 0.3) is 0 Å². The van der Waals surface area contributed by atoms with E-state index in [-0.39, 0.29) is 6.10 Å². The molecule has 0 spiro atoms. The quantitative estimate of drug-likeness (QED) is 0.746. The Hall–Kier alpha value is -0.900. The molecule has 2 rings (SSSR count). The van der Waals surface area contributed by atoms with Crippen LogP contribution in [-0.4, -0.2) is 18.2 Å². The summed E-state index contributed by atoms with van der Waals surface area (Å²) in [5.74, 6) is -0.726. The van der Waals surface area contributed by atoms with E-state index in [1.165, 1.54) is 0 Å². The van der Waals surface area contributed by atoms with Crippen molar-refractivity contribution in [3.63, 3.8) is 0 Å². The highest BCUT2D eigenvalue weighted by atomic mass is 35.5. The van der Waals surface area contributed by atoms with E-state index in [1.807, 2.05) is 12.1 Å². The number of hydrogen-bond donors (Lipinski definition) is 0. The molecule has 2 atom stereocenters. The predicted octanol–water partition coefficient (Wildman–Crippen LogP) is 2.73. The molecule has 2 unspecified atom stereocenters. The van der Waals surface area contributed by atoms with Crippen molar-refractivity contribution < 1.29 is 14.3 Å². The molecule has 0 aliphatic carbocycles. The number of ether oxygens (including phenoxy) is 2. The number of halogens is 1. The first-order valence-corrected chi connectivity index (χ1v) is 5.46. The fourth-order valence-electron chi connectivity index (χ4n) is 1.80. The average Bonchev–Trinajstić information content (AvgIpc) is 2.55. The predicted molar refractivity (Wildman–Crippen MR) is 60.3 cm³/mol. The van der Waals surface area contributed by atoms with Gasteiger partial charge in [-0.15, -0.1) is 0 Å². The number of carbonyl (C=O) groups excluding carboxylic acids is 1. The van der Waals surface area contributed by atoms with Crippen molar-refractivity contribution in [2.45, 2.75) is 31.8 Å². The van der Waals surface area contributed by atoms with E-state index in [4.69, 9.17) is 21.1 Å². The van der Waals surface area contributed by atoms with Crippen molar-refractivity contribution in [3.8, 4) is 0 Å². The Bertz CT molecular complexity index is 386. The molecule has 3 nitrogen and oxygen atoms in total. The molecule has 1 aromatic carbocycles. The highest BCUT2D eigenvalue weighted by molar-refractivity contribution is 6.30. The van der Waals surface area contributed by atoms with Gasteiger partial charge in [0, 0.05) is 5.02 Å². The lowest BCUT2D eigenvalue weighted by atomic mass is 10.1. The second kappa shape index (κ2) is 4.17. The zero-order valence-electron chi connectivity index (χ0n) is 9.14. The maximum absolute atomic E-state index is 10.9. The molecule has 0 amide bonds. The van der Waals surface area contributed by atoms with E-state index in [1.54, 1.807) is 26.0 Å². The van der Waals surface area contributed by atoms with Crippen LogP contribution in [0.1, 0.15) is 25.5 Å². The van der Waals surface area contributed by atoms with Crippen molar-refractivity contribution in [2.24, 2.45) is 0 Å². The molecule has 1 aliphatic rings. The van der Waals surface area contributed by atoms with Crippen LogP contribution in [-0.2, 0) is 14.3 Å². The molecule has 1 heterocycles. The molecule has 1 aromatic rings. The molecular formula is C12H13ClO3. The molecule has 1 saturated heterocycles. The van der Waals surface area contributed by atoms with Gasteiger partial charge in [0.05, 0.1) is 0 Å². The zero-order chi connectivity index (χ0) is 11.8. The molecule has 0 radical (unpaired) electrons. The van der Waals surface area contributed by atoms with E-state index in [9.17, 15) is 4.79 Å². The summed E-state index contributed by atoms with van der Waals surface area (Å²) in [5, 5.41) is 0.657. The number of benzene rings is 1. The summed E-state index contributed by atoms with van der Waals surface area (Å²) in [5.41, 5.74) is 0.895. The van der Waals surface area contributed by atoms with E-state index in [2.05, 4.69) is 0 Å². The molecule has 0 N–H and O–H groups in total. The normalized spacial score (nSPS) is 27.9. The van der Waals surface area contributed by atoms with Crippen LogP contribution < -0.4 is 0 Å². The molecule has 0 saturated carbocycles. The van der Waals surface area contributed by atoms with Crippen molar-refractivity contribution in [2.75, 3.05) is 0 Å². The van der Waals surface area contributed by atoms with Gasteiger partial charge in [-0.25, -0.2) is 0 Å². The Labute approximate surface area is 99.3 Å². The van der Waals surface area contributed by atoms with Crippen molar-refractivity contribution in [1.29, 1.82) is 0 Å². The van der Waals surface area contributed by atoms with Gasteiger partial charge in [-0.1, -0.05) is 23.7 Å². The summed E-state index contributed by atoms with van der Waals surface area (Å²) in [6.07, 6.45) is -0.144. The second-order valence-electron chi connectivity index (χ2n) is 4.21. The van der Waals surface area contributed by atoms with E-state index in [0.29, 0.717) is 5.02 Å². The zero-order valence-corrected chi connectivity index (χ0v) is 9.90. The van der Waals surface area contributed by atoms with Gasteiger partial charge < -0.3 is 14.3 Å². The first-order valence-electron chi connectivity index (χ1n) is 5.08. The molecule has 86 valence electrons. The van der Waals surface area contributed by atoms with Crippen LogP contribution in [0.3, 0.4) is 0 Å². The second-order valence-corrected chi connectivity index (χ2v) is 4.64. The third-order valence-electron chi connectivity index (χ3n) is 2.46. The van der Waals surface area contributed by atoms with Gasteiger partial charge >= 0.3 is 0 Å². The lowest BCUT2D eigenvalue weighted by molar-refractivity contribution is -0.150. The van der Waals surface area contributed by atoms with Crippen LogP contribution in [0.2, 0.25) is 5.02 Å². The van der Waals surface area contributed by atoms with Crippen LogP contribution in [0, 0.1) is 0 Å². The minimum atomic E-state index is -0.726. The standard InChI is InChI=1S/C12H13ClO3/c1-12(2)15-10(7-14)11(16-12)8-3-5-9(13)6-4-8/h3-7,10-11H,1-2H3. The SMILES string of the molecule is CC1(C)OC(C=O)C(c2ccc(Cl)cc2)O1. The summed E-state index contributed by atoms with van der Waals surface area (Å²) in [6, 6.07) is 7.23. The number of hydrogen-bond acceptors (Lipinski definition) is 3. The molecule has 1 fully saturated rings. The van der Waals surface area contributed by atoms with Crippen LogP contribution in [0.15, 0.2) is 24.3 Å². The van der Waals surface area contributed by atoms with Crippen LogP contribution in [0.25, 0.3) is 0 Å². The number of carbonyl (C=O) groups is 1. The van der Waals surface area contributed by atoms with Gasteiger partial charge in [-0.3, -0.25) is 0 Å². The van der Waals surface area contributed by atoms with Crippen molar-refractivity contribution in [1.82, 2.24) is 0 Å². The largest absolute Gasteiger partial charge is 0.339 e. The first-order chi connectivity index (χ1) is 7.52. The van der Waals surface area contributed by atoms with E-state index < -0.39 is 11.9 Å². The highest BCUT2D eigenvalue weighted by Crippen LogP contribution is 2.37. The maximum Gasteiger partial charge on any atom is 0.164 e. The van der Waals surface area contributed by atoms with Gasteiger partial charge in [-0.2, -0.15) is 0 Å². The van der Waals surface area contributed by atoms with Crippen molar-refractivity contribution in [3.05, 3.63) is 34.9 Å². The molecule has 0 bridgehead atoms. The fraction of sp³-hybridized carbons (Fsp3) is 0.417. The Morgan fingerprint density at radius 3 is 2.44 bits per heavy atom. The maximum atomic E-state index is 10.9. The van der Waals surface area contributed by atoms with Crippen LogP contribution in [0.4, 0.5) is 0 Å². The van der Waals surface area contributed by atoms with Crippen LogP contribution >= 0.6 is 11.6 Å². The van der Waals surface area contributed by atoms with Crippen LogP contribution in [0.5, 0.6) is 0 Å². The Morgan fingerprint density at radius 1 is 1.25 bits per heavy atom. The smallest absolute Gasteiger partial charge is 0.164 e. The van der Waals surface area contributed by atoms with Gasteiger partial charge in [0.2, 0.25) is 0 Å². The Kier molecular flexibility index (Phi) is 3.02. The Balaban J connectivity index is 2.26. The summed E-state index contributed by atoms with van der Waals surface area (Å²) in [4.78, 5) is 10.9. The summed E-state index contributed by atoms with van der Waals surface area (Å²) < 4.78 is 11.2. The van der Waals surface area contributed by atoms with Crippen molar-refractivity contribution >= 4 is 17.9 Å². The van der Waals surface area contributed by atoms with Gasteiger partial charge in [0.15, 0.2) is 12.1 Å². The van der Waals surface area contributed by atoms with E-state index >= 15 is 0 Å². The molecule has 16 heavy (non-hydrogen) atoms. The topological polar surface area (TPSA) is 35.5 Å².